The molecule has 206 valence electrons. The maximum Gasteiger partial charge on any atom is 0.168 e. The molecule has 0 heterocycles. The third-order valence-corrected chi connectivity index (χ3v) is 10.6. The first-order valence-electron chi connectivity index (χ1n) is 15.0. The summed E-state index contributed by atoms with van der Waals surface area (Å²) in [5.74, 6) is 2.44. The highest BCUT2D eigenvalue weighted by Crippen LogP contribution is 2.64. The highest BCUT2D eigenvalue weighted by molar-refractivity contribution is 5.41. The van der Waals surface area contributed by atoms with E-state index in [0.29, 0.717) is 29.6 Å². The molecule has 3 saturated carbocycles. The average molecular weight is 511 g/mol. The summed E-state index contributed by atoms with van der Waals surface area (Å²) in [6.07, 6.45) is 9.29. The number of fused-ring (bicyclic) bond motifs is 4. The molecule has 0 spiro atoms. The zero-order chi connectivity index (χ0) is 26.4. The molecule has 0 amide bonds. The Morgan fingerprint density at radius 1 is 1.03 bits per heavy atom. The molecular formula is C33H50O4. The lowest BCUT2D eigenvalue weighted by Gasteiger charge is -2.54. The Morgan fingerprint density at radius 3 is 2.46 bits per heavy atom. The van der Waals surface area contributed by atoms with E-state index in [2.05, 4.69) is 52.0 Å². The van der Waals surface area contributed by atoms with Gasteiger partial charge in [0, 0.05) is 32.5 Å². The molecule has 1 aromatic rings. The Balaban J connectivity index is 1.49. The molecule has 2 N–H and O–H groups in total. The monoisotopic (exact) mass is 510 g/mol. The van der Waals surface area contributed by atoms with Crippen LogP contribution >= 0.6 is 0 Å². The number of ether oxygens (including phenoxy) is 2. The number of aliphatic hydroxyl groups excluding tert-OH is 2. The van der Waals surface area contributed by atoms with Crippen LogP contribution in [0.15, 0.2) is 35.4 Å². The Morgan fingerprint density at radius 2 is 1.78 bits per heavy atom. The number of rotatable bonds is 8. The van der Waals surface area contributed by atoms with Crippen molar-refractivity contribution >= 4 is 0 Å². The van der Waals surface area contributed by atoms with Crippen LogP contribution in [0.2, 0.25) is 0 Å². The van der Waals surface area contributed by atoms with Gasteiger partial charge in [-0.05, 0) is 91.1 Å². The van der Waals surface area contributed by atoms with Gasteiger partial charge in [-0.2, -0.15) is 0 Å². The van der Waals surface area contributed by atoms with Crippen molar-refractivity contribution in [1.82, 2.24) is 0 Å². The van der Waals surface area contributed by atoms with E-state index >= 15 is 0 Å². The number of aliphatic hydroxyl groups is 2. The van der Waals surface area contributed by atoms with Crippen molar-refractivity contribution in [3.63, 3.8) is 0 Å². The number of allylic oxidation sites excluding steroid dienone is 2. The Kier molecular flexibility index (Phi) is 7.96. The van der Waals surface area contributed by atoms with E-state index in [4.69, 9.17) is 9.47 Å². The lowest BCUT2D eigenvalue weighted by atomic mass is 9.52. The fourth-order valence-corrected chi connectivity index (χ4v) is 8.55. The number of hydrogen-bond acceptors (Lipinski definition) is 4. The van der Waals surface area contributed by atoms with Crippen LogP contribution in [0.5, 0.6) is 0 Å². The van der Waals surface area contributed by atoms with E-state index < -0.39 is 5.79 Å². The molecule has 0 radical (unpaired) electrons. The molecule has 5 rings (SSSR count). The molecule has 1 aromatic carbocycles. The van der Waals surface area contributed by atoms with Crippen molar-refractivity contribution in [2.45, 2.75) is 103 Å². The van der Waals surface area contributed by atoms with Crippen molar-refractivity contribution in [2.24, 2.45) is 35.0 Å². The van der Waals surface area contributed by atoms with Gasteiger partial charge in [-0.1, -0.05) is 63.1 Å². The first kappa shape index (κ1) is 27.4. The minimum absolute atomic E-state index is 0.00162. The van der Waals surface area contributed by atoms with E-state index in [1.165, 1.54) is 24.0 Å². The first-order chi connectivity index (χ1) is 17.7. The maximum absolute atomic E-state index is 11.2. The smallest absolute Gasteiger partial charge is 0.168 e. The Hall–Kier alpha value is -1.20. The van der Waals surface area contributed by atoms with Crippen LogP contribution in [-0.2, 0) is 15.9 Å². The molecule has 0 bridgehead atoms. The molecule has 37 heavy (non-hydrogen) atoms. The van der Waals surface area contributed by atoms with Crippen molar-refractivity contribution in [3.05, 3.63) is 46.5 Å². The molecule has 8 atom stereocenters. The van der Waals surface area contributed by atoms with Crippen molar-refractivity contribution in [1.29, 1.82) is 0 Å². The molecule has 8 unspecified atom stereocenters. The third-order valence-electron chi connectivity index (χ3n) is 10.6. The van der Waals surface area contributed by atoms with E-state index in [-0.39, 0.29) is 24.0 Å². The summed E-state index contributed by atoms with van der Waals surface area (Å²) < 4.78 is 12.5. The maximum atomic E-state index is 11.2. The van der Waals surface area contributed by atoms with Gasteiger partial charge >= 0.3 is 0 Å². The van der Waals surface area contributed by atoms with Crippen molar-refractivity contribution in [2.75, 3.05) is 20.3 Å². The van der Waals surface area contributed by atoms with Crippen LogP contribution < -0.4 is 0 Å². The average Bonchev–Trinajstić information content (AvgIpc) is 3.20. The van der Waals surface area contributed by atoms with Crippen LogP contribution in [0.3, 0.4) is 0 Å². The predicted octanol–water partition coefficient (Wildman–Crippen LogP) is 6.64. The predicted molar refractivity (Wildman–Crippen MR) is 148 cm³/mol. The second-order valence-electron chi connectivity index (χ2n) is 13.6. The molecule has 0 aromatic heterocycles. The summed E-state index contributed by atoms with van der Waals surface area (Å²) in [5, 5.41) is 20.7. The summed E-state index contributed by atoms with van der Waals surface area (Å²) in [7, 11) is 1.83. The van der Waals surface area contributed by atoms with Gasteiger partial charge in [-0.3, -0.25) is 0 Å². The summed E-state index contributed by atoms with van der Waals surface area (Å²) >= 11 is 0. The molecule has 4 aliphatic rings. The zero-order valence-corrected chi connectivity index (χ0v) is 23.8. The van der Waals surface area contributed by atoms with Gasteiger partial charge in [-0.15, -0.1) is 0 Å². The van der Waals surface area contributed by atoms with Gasteiger partial charge in [0.15, 0.2) is 5.79 Å². The summed E-state index contributed by atoms with van der Waals surface area (Å²) in [6.45, 7) is 9.87. The molecule has 0 saturated heterocycles. The summed E-state index contributed by atoms with van der Waals surface area (Å²) in [6, 6.07) is 9.24. The molecule has 3 fully saturated rings. The second-order valence-corrected chi connectivity index (χ2v) is 13.6. The number of methoxy groups -OCH3 is 1. The molecular weight excluding hydrogens is 460 g/mol. The number of hydrogen-bond donors (Lipinski definition) is 2. The standard InChI is InChI=1S/C33H50O4/c1-21(2)20-37-33(36-5)15-14-26-25(17-33)10-11-27-29-12-13-30(35)32(29,4)18-28(31(26)27)24-8-6-23(7-9-24)16-22(3)19-34/h6-9,21-22,25,27-30,34-35H,10-20H2,1-5H3. The summed E-state index contributed by atoms with van der Waals surface area (Å²) in [4.78, 5) is 0. The molecule has 4 aliphatic carbocycles. The molecule has 4 heteroatoms. The minimum Gasteiger partial charge on any atom is -0.396 e. The normalized spacial score (nSPS) is 38.3. The topological polar surface area (TPSA) is 58.9 Å². The van der Waals surface area contributed by atoms with Crippen LogP contribution in [-0.4, -0.2) is 42.4 Å². The van der Waals surface area contributed by atoms with E-state index in [1.54, 1.807) is 11.1 Å². The van der Waals surface area contributed by atoms with Gasteiger partial charge in [0.1, 0.15) is 0 Å². The Labute approximate surface area is 224 Å². The fraction of sp³-hybridized carbons (Fsp3) is 0.758. The van der Waals surface area contributed by atoms with Gasteiger partial charge in [-0.25, -0.2) is 0 Å². The summed E-state index contributed by atoms with van der Waals surface area (Å²) in [5.41, 5.74) is 6.13. The van der Waals surface area contributed by atoms with Crippen molar-refractivity contribution in [3.8, 4) is 0 Å². The van der Waals surface area contributed by atoms with Gasteiger partial charge in [0.25, 0.3) is 0 Å². The third kappa shape index (κ3) is 5.09. The van der Waals surface area contributed by atoms with E-state index in [9.17, 15) is 10.2 Å². The lowest BCUT2D eigenvalue weighted by molar-refractivity contribution is -0.246. The van der Waals surface area contributed by atoms with E-state index in [0.717, 1.165) is 51.6 Å². The number of benzene rings is 1. The first-order valence-corrected chi connectivity index (χ1v) is 15.0. The Bertz CT molecular complexity index is 967. The zero-order valence-electron chi connectivity index (χ0n) is 23.8. The minimum atomic E-state index is -0.445. The van der Waals surface area contributed by atoms with Gasteiger partial charge < -0.3 is 19.7 Å². The van der Waals surface area contributed by atoms with Crippen LogP contribution in [0.25, 0.3) is 0 Å². The van der Waals surface area contributed by atoms with Gasteiger partial charge in [0.05, 0.1) is 12.7 Å². The lowest BCUT2D eigenvalue weighted by Crippen LogP contribution is -2.48. The van der Waals surface area contributed by atoms with Crippen LogP contribution in [0, 0.1) is 35.0 Å². The quantitative estimate of drug-likeness (QED) is 0.304. The largest absolute Gasteiger partial charge is 0.396 e. The highest BCUT2D eigenvalue weighted by atomic mass is 16.7. The SMILES string of the molecule is COC1(OCC(C)C)CCC2=C3C(c4ccc(CC(C)CO)cc4)CC4(C)C(O)CCC4C3CCC2C1. The van der Waals surface area contributed by atoms with E-state index in [1.807, 2.05) is 7.11 Å². The molecule has 0 aliphatic heterocycles. The fourth-order valence-electron chi connectivity index (χ4n) is 8.55. The molecule has 4 nitrogen and oxygen atoms in total. The van der Waals surface area contributed by atoms with Gasteiger partial charge in [0.2, 0.25) is 0 Å². The van der Waals surface area contributed by atoms with Crippen molar-refractivity contribution < 1.29 is 19.7 Å². The second kappa shape index (κ2) is 10.8. The van der Waals surface area contributed by atoms with Crippen LogP contribution in [0.1, 0.15) is 96.1 Å². The highest BCUT2D eigenvalue weighted by Gasteiger charge is 2.57. The van der Waals surface area contributed by atoms with Crippen LogP contribution in [0.4, 0.5) is 0 Å².